The molecule has 0 radical (unpaired) electrons. The highest BCUT2D eigenvalue weighted by Crippen LogP contribution is 2.34. The SMILES string of the molecule is CC(C)(C(=O)O)C1CCCN(C(=O)NCC2CCSC2)C1. The molecule has 0 saturated carbocycles. The summed E-state index contributed by atoms with van der Waals surface area (Å²) in [6.07, 6.45) is 2.94. The maximum Gasteiger partial charge on any atom is 0.317 e. The molecule has 2 unspecified atom stereocenters. The van der Waals surface area contributed by atoms with Crippen molar-refractivity contribution in [2.24, 2.45) is 17.3 Å². The van der Waals surface area contributed by atoms with Crippen molar-refractivity contribution in [2.75, 3.05) is 31.1 Å². The number of likely N-dealkylation sites (tertiary alicyclic amines) is 1. The van der Waals surface area contributed by atoms with E-state index in [1.165, 1.54) is 12.2 Å². The zero-order valence-electron chi connectivity index (χ0n) is 12.9. The molecular formula is C15H26N2O3S. The maximum atomic E-state index is 12.3. The van der Waals surface area contributed by atoms with Crippen LogP contribution in [0.1, 0.15) is 33.1 Å². The van der Waals surface area contributed by atoms with Crippen molar-refractivity contribution < 1.29 is 14.7 Å². The molecule has 0 aliphatic carbocycles. The van der Waals surface area contributed by atoms with Crippen molar-refractivity contribution >= 4 is 23.8 Å². The summed E-state index contributed by atoms with van der Waals surface area (Å²) in [6, 6.07) is -0.0298. The summed E-state index contributed by atoms with van der Waals surface area (Å²) in [5.41, 5.74) is -0.777. The summed E-state index contributed by atoms with van der Waals surface area (Å²) in [5.74, 6) is 2.16. The number of carbonyl (C=O) groups is 2. The lowest BCUT2D eigenvalue weighted by Gasteiger charge is -2.39. The summed E-state index contributed by atoms with van der Waals surface area (Å²) in [7, 11) is 0. The summed E-state index contributed by atoms with van der Waals surface area (Å²) >= 11 is 1.95. The van der Waals surface area contributed by atoms with E-state index in [-0.39, 0.29) is 11.9 Å². The van der Waals surface area contributed by atoms with Crippen LogP contribution in [0.5, 0.6) is 0 Å². The number of carbonyl (C=O) groups excluding carboxylic acids is 1. The summed E-state index contributed by atoms with van der Waals surface area (Å²) < 4.78 is 0. The van der Waals surface area contributed by atoms with Crippen molar-refractivity contribution in [3.63, 3.8) is 0 Å². The molecule has 2 fully saturated rings. The second kappa shape index (κ2) is 6.90. The number of rotatable bonds is 4. The number of thioether (sulfide) groups is 1. The first-order valence-electron chi connectivity index (χ1n) is 7.75. The van der Waals surface area contributed by atoms with Crippen LogP contribution in [0, 0.1) is 17.3 Å². The average Bonchev–Trinajstić information content (AvgIpc) is 2.98. The van der Waals surface area contributed by atoms with Crippen LogP contribution in [-0.2, 0) is 4.79 Å². The van der Waals surface area contributed by atoms with Crippen molar-refractivity contribution in [2.45, 2.75) is 33.1 Å². The molecule has 2 rings (SSSR count). The van der Waals surface area contributed by atoms with Gasteiger partial charge in [-0.15, -0.1) is 0 Å². The fourth-order valence-corrected chi connectivity index (χ4v) is 4.30. The van der Waals surface area contributed by atoms with Crippen molar-refractivity contribution in [3.05, 3.63) is 0 Å². The van der Waals surface area contributed by atoms with E-state index < -0.39 is 11.4 Å². The Kier molecular flexibility index (Phi) is 5.41. The van der Waals surface area contributed by atoms with Gasteiger partial charge in [-0.25, -0.2) is 4.79 Å². The van der Waals surface area contributed by atoms with Gasteiger partial charge in [-0.3, -0.25) is 4.79 Å². The molecule has 2 heterocycles. The van der Waals surface area contributed by atoms with E-state index in [0.717, 1.165) is 31.7 Å². The third-order valence-electron chi connectivity index (χ3n) is 4.85. The molecule has 120 valence electrons. The van der Waals surface area contributed by atoms with E-state index >= 15 is 0 Å². The molecular weight excluding hydrogens is 288 g/mol. The Morgan fingerprint density at radius 2 is 2.14 bits per heavy atom. The number of nitrogens with one attached hydrogen (secondary N) is 1. The number of hydrogen-bond acceptors (Lipinski definition) is 3. The first-order valence-corrected chi connectivity index (χ1v) is 8.90. The van der Waals surface area contributed by atoms with Gasteiger partial charge in [0.05, 0.1) is 5.41 Å². The lowest BCUT2D eigenvalue weighted by atomic mass is 9.74. The lowest BCUT2D eigenvalue weighted by molar-refractivity contribution is -0.151. The molecule has 0 aromatic heterocycles. The minimum absolute atomic E-state index is 0.0246. The number of nitrogens with zero attached hydrogens (tertiary/aromatic N) is 1. The molecule has 2 saturated heterocycles. The van der Waals surface area contributed by atoms with Gasteiger partial charge in [0.2, 0.25) is 0 Å². The van der Waals surface area contributed by atoms with E-state index in [2.05, 4.69) is 5.32 Å². The van der Waals surface area contributed by atoms with Crippen LogP contribution in [0.15, 0.2) is 0 Å². The number of amides is 2. The number of piperidine rings is 1. The van der Waals surface area contributed by atoms with E-state index in [9.17, 15) is 14.7 Å². The quantitative estimate of drug-likeness (QED) is 0.835. The Labute approximate surface area is 130 Å². The highest BCUT2D eigenvalue weighted by atomic mass is 32.2. The summed E-state index contributed by atoms with van der Waals surface area (Å²) in [4.78, 5) is 25.4. The number of carboxylic acid groups (broad SMARTS) is 1. The lowest BCUT2D eigenvalue weighted by Crippen LogP contribution is -2.50. The Bertz CT molecular complexity index is 394. The molecule has 2 atom stereocenters. The van der Waals surface area contributed by atoms with Gasteiger partial charge in [0.15, 0.2) is 0 Å². The van der Waals surface area contributed by atoms with Crippen LogP contribution >= 0.6 is 11.8 Å². The summed E-state index contributed by atoms with van der Waals surface area (Å²) in [5, 5.41) is 12.4. The highest BCUT2D eigenvalue weighted by molar-refractivity contribution is 7.99. The molecule has 6 heteroatoms. The van der Waals surface area contributed by atoms with Gasteiger partial charge in [0.25, 0.3) is 0 Å². The van der Waals surface area contributed by atoms with Gasteiger partial charge < -0.3 is 15.3 Å². The fraction of sp³-hybridized carbons (Fsp3) is 0.867. The number of urea groups is 1. The summed E-state index contributed by atoms with van der Waals surface area (Å²) in [6.45, 7) is 5.55. The fourth-order valence-electron chi connectivity index (χ4n) is 3.01. The van der Waals surface area contributed by atoms with E-state index in [0.29, 0.717) is 12.5 Å². The molecule has 5 nitrogen and oxygen atoms in total. The number of carboxylic acids is 1. The van der Waals surface area contributed by atoms with Crippen LogP contribution in [0.25, 0.3) is 0 Å². The topological polar surface area (TPSA) is 69.6 Å². The third kappa shape index (κ3) is 4.05. The zero-order valence-corrected chi connectivity index (χ0v) is 13.7. The molecule has 2 aliphatic rings. The normalized spacial score (nSPS) is 26.7. The zero-order chi connectivity index (χ0) is 15.5. The van der Waals surface area contributed by atoms with E-state index in [1.54, 1.807) is 18.7 Å². The average molecular weight is 314 g/mol. The second-order valence-electron chi connectivity index (χ2n) is 6.73. The minimum atomic E-state index is -0.780. The van der Waals surface area contributed by atoms with Crippen molar-refractivity contribution in [1.29, 1.82) is 0 Å². The van der Waals surface area contributed by atoms with Crippen LogP contribution < -0.4 is 5.32 Å². The Morgan fingerprint density at radius 1 is 1.38 bits per heavy atom. The van der Waals surface area contributed by atoms with Crippen LogP contribution in [0.3, 0.4) is 0 Å². The largest absolute Gasteiger partial charge is 0.481 e. The predicted octanol–water partition coefficient (Wildman–Crippen LogP) is 2.27. The molecule has 0 spiro atoms. The van der Waals surface area contributed by atoms with E-state index in [4.69, 9.17) is 0 Å². The van der Waals surface area contributed by atoms with Crippen LogP contribution in [0.4, 0.5) is 4.79 Å². The van der Waals surface area contributed by atoms with Crippen LogP contribution in [0.2, 0.25) is 0 Å². The predicted molar refractivity (Wildman–Crippen MR) is 84.5 cm³/mol. The highest BCUT2D eigenvalue weighted by Gasteiger charge is 2.40. The molecule has 21 heavy (non-hydrogen) atoms. The molecule has 0 aromatic carbocycles. The molecule has 2 amide bonds. The number of aliphatic carboxylic acids is 1. The second-order valence-corrected chi connectivity index (χ2v) is 7.88. The minimum Gasteiger partial charge on any atom is -0.481 e. The monoisotopic (exact) mass is 314 g/mol. The smallest absolute Gasteiger partial charge is 0.317 e. The standard InChI is InChI=1S/C15H26N2O3S/c1-15(2,13(18)19)12-4-3-6-17(9-12)14(20)16-8-11-5-7-21-10-11/h11-12H,3-10H2,1-2H3,(H,16,20)(H,18,19). The van der Waals surface area contributed by atoms with E-state index in [1.807, 2.05) is 11.8 Å². The van der Waals surface area contributed by atoms with Crippen molar-refractivity contribution in [1.82, 2.24) is 10.2 Å². The van der Waals surface area contributed by atoms with Gasteiger partial charge in [0, 0.05) is 19.6 Å². The third-order valence-corrected chi connectivity index (χ3v) is 6.08. The van der Waals surface area contributed by atoms with Crippen molar-refractivity contribution in [3.8, 4) is 0 Å². The van der Waals surface area contributed by atoms with Crippen LogP contribution in [-0.4, -0.2) is 53.1 Å². The first kappa shape index (κ1) is 16.5. The Morgan fingerprint density at radius 3 is 2.76 bits per heavy atom. The van der Waals surface area contributed by atoms with Gasteiger partial charge in [-0.1, -0.05) is 0 Å². The van der Waals surface area contributed by atoms with Gasteiger partial charge in [-0.2, -0.15) is 11.8 Å². The molecule has 0 bridgehead atoms. The molecule has 2 N–H and O–H groups in total. The Balaban J connectivity index is 1.85. The molecule has 2 aliphatic heterocycles. The van der Waals surface area contributed by atoms with Gasteiger partial charge in [0.1, 0.15) is 0 Å². The van der Waals surface area contributed by atoms with Gasteiger partial charge in [-0.05, 0) is 56.5 Å². The number of hydrogen-bond donors (Lipinski definition) is 2. The molecule has 0 aromatic rings. The maximum absolute atomic E-state index is 12.3. The Hall–Kier alpha value is -0.910. The van der Waals surface area contributed by atoms with Gasteiger partial charge >= 0.3 is 12.0 Å². The first-order chi connectivity index (χ1) is 9.91.